The van der Waals surface area contributed by atoms with Crippen molar-refractivity contribution in [3.63, 3.8) is 0 Å². The Morgan fingerprint density at radius 3 is 2.44 bits per heavy atom. The van der Waals surface area contributed by atoms with Crippen LogP contribution in [0.1, 0.15) is 41.4 Å². The van der Waals surface area contributed by atoms with Crippen molar-refractivity contribution in [2.24, 2.45) is 0 Å². The number of nitrogens with two attached hydrogens (primary N) is 1. The SMILES string of the molecule is Cc1c(N2CCC(c3cc(N)n[nH]3)CC2)nn2c(C(F)(F)F)nnc2c1C. The number of anilines is 2. The number of hydrogen-bond donors (Lipinski definition) is 2. The Bertz CT molecular complexity index is 982. The molecule has 0 atom stereocenters. The van der Waals surface area contributed by atoms with Crippen LogP contribution in [-0.2, 0) is 6.18 Å². The van der Waals surface area contributed by atoms with Gasteiger partial charge in [-0.3, -0.25) is 5.10 Å². The number of nitrogen functional groups attached to an aromatic ring is 1. The number of rotatable bonds is 2. The summed E-state index contributed by atoms with van der Waals surface area (Å²) in [6.07, 6.45) is -2.96. The Hall–Kier alpha value is -2.85. The molecule has 0 amide bonds. The van der Waals surface area contributed by atoms with Crippen molar-refractivity contribution >= 4 is 17.3 Å². The lowest BCUT2D eigenvalue weighted by Crippen LogP contribution is -2.35. The zero-order valence-electron chi connectivity index (χ0n) is 14.9. The number of aryl methyl sites for hydroxylation is 1. The highest BCUT2D eigenvalue weighted by Gasteiger charge is 2.38. The summed E-state index contributed by atoms with van der Waals surface area (Å²) in [5.41, 5.74) is 8.24. The maximum atomic E-state index is 13.2. The zero-order valence-corrected chi connectivity index (χ0v) is 14.9. The van der Waals surface area contributed by atoms with Crippen molar-refractivity contribution in [3.05, 3.63) is 28.7 Å². The van der Waals surface area contributed by atoms with Crippen molar-refractivity contribution in [1.82, 2.24) is 30.0 Å². The second kappa shape index (κ2) is 6.10. The van der Waals surface area contributed by atoms with Crippen molar-refractivity contribution in [2.45, 2.75) is 38.8 Å². The number of nitrogens with zero attached hydrogens (tertiary/aromatic N) is 6. The first kappa shape index (κ1) is 17.6. The molecule has 0 aliphatic carbocycles. The smallest absolute Gasteiger partial charge is 0.382 e. The average Bonchev–Trinajstić information content (AvgIpc) is 3.24. The minimum absolute atomic E-state index is 0.131. The van der Waals surface area contributed by atoms with Crippen molar-refractivity contribution in [1.29, 1.82) is 0 Å². The topological polar surface area (TPSA) is 101 Å². The fraction of sp³-hybridized carbons (Fsp3) is 0.500. The second-order valence-electron chi connectivity index (χ2n) is 6.84. The summed E-state index contributed by atoms with van der Waals surface area (Å²) in [5.74, 6) is 0.174. The third-order valence-corrected chi connectivity index (χ3v) is 5.17. The molecule has 1 saturated heterocycles. The van der Waals surface area contributed by atoms with Gasteiger partial charge in [0.25, 0.3) is 5.82 Å². The minimum Gasteiger partial charge on any atom is -0.382 e. The van der Waals surface area contributed by atoms with Crippen LogP contribution in [0.4, 0.5) is 24.8 Å². The van der Waals surface area contributed by atoms with Crippen LogP contribution in [0.25, 0.3) is 5.65 Å². The Morgan fingerprint density at radius 2 is 1.85 bits per heavy atom. The molecule has 0 unspecified atom stereocenters. The van der Waals surface area contributed by atoms with Crippen LogP contribution in [0.3, 0.4) is 0 Å². The molecular weight excluding hydrogens is 361 g/mol. The fourth-order valence-corrected chi connectivity index (χ4v) is 3.56. The minimum atomic E-state index is -4.61. The summed E-state index contributed by atoms with van der Waals surface area (Å²) in [7, 11) is 0. The third-order valence-electron chi connectivity index (χ3n) is 5.17. The molecule has 1 aliphatic rings. The van der Waals surface area contributed by atoms with Gasteiger partial charge in [0, 0.05) is 41.9 Å². The first-order valence-electron chi connectivity index (χ1n) is 8.61. The quantitative estimate of drug-likeness (QED) is 0.708. The van der Waals surface area contributed by atoms with Crippen LogP contribution in [0.5, 0.6) is 0 Å². The van der Waals surface area contributed by atoms with Gasteiger partial charge in [0.15, 0.2) is 11.5 Å². The second-order valence-corrected chi connectivity index (χ2v) is 6.84. The number of fused-ring (bicyclic) bond motifs is 1. The highest BCUT2D eigenvalue weighted by molar-refractivity contribution is 5.59. The van der Waals surface area contributed by atoms with Gasteiger partial charge in [-0.05, 0) is 26.7 Å². The van der Waals surface area contributed by atoms with E-state index in [1.54, 1.807) is 6.92 Å². The van der Waals surface area contributed by atoms with Crippen LogP contribution < -0.4 is 10.6 Å². The van der Waals surface area contributed by atoms with Gasteiger partial charge < -0.3 is 10.6 Å². The molecule has 0 aromatic carbocycles. The number of aromatic amines is 1. The monoisotopic (exact) mass is 380 g/mol. The molecule has 4 rings (SSSR count). The van der Waals surface area contributed by atoms with E-state index in [9.17, 15) is 13.2 Å². The van der Waals surface area contributed by atoms with Crippen LogP contribution in [-0.4, -0.2) is 43.1 Å². The number of alkyl halides is 3. The van der Waals surface area contributed by atoms with Crippen LogP contribution in [0, 0.1) is 13.8 Å². The summed E-state index contributed by atoms with van der Waals surface area (Å²) in [6, 6.07) is 1.83. The van der Waals surface area contributed by atoms with Gasteiger partial charge in [0.1, 0.15) is 5.82 Å². The molecule has 3 aromatic rings. The van der Waals surface area contributed by atoms with E-state index in [0.29, 0.717) is 30.3 Å². The van der Waals surface area contributed by atoms with Crippen molar-refractivity contribution < 1.29 is 13.2 Å². The Kier molecular flexibility index (Phi) is 3.97. The average molecular weight is 380 g/mol. The van der Waals surface area contributed by atoms with Gasteiger partial charge in [-0.2, -0.15) is 22.8 Å². The molecule has 27 heavy (non-hydrogen) atoms. The van der Waals surface area contributed by atoms with E-state index in [-0.39, 0.29) is 11.6 Å². The predicted molar refractivity (Wildman–Crippen MR) is 92.4 cm³/mol. The third kappa shape index (κ3) is 2.96. The van der Waals surface area contributed by atoms with Gasteiger partial charge in [-0.1, -0.05) is 0 Å². The molecule has 0 bridgehead atoms. The lowest BCUT2D eigenvalue weighted by molar-refractivity contribution is -0.146. The number of hydrogen-bond acceptors (Lipinski definition) is 6. The molecule has 144 valence electrons. The largest absolute Gasteiger partial charge is 0.453 e. The molecule has 0 radical (unpaired) electrons. The van der Waals surface area contributed by atoms with Gasteiger partial charge in [-0.15, -0.1) is 15.3 Å². The number of H-pyrrole nitrogens is 1. The Morgan fingerprint density at radius 1 is 1.15 bits per heavy atom. The molecule has 3 N–H and O–H groups in total. The maximum absolute atomic E-state index is 13.2. The number of piperidine rings is 1. The molecule has 1 fully saturated rings. The van der Waals surface area contributed by atoms with Crippen molar-refractivity contribution in [3.8, 4) is 0 Å². The molecule has 11 heteroatoms. The summed E-state index contributed by atoms with van der Waals surface area (Å²) in [5, 5.41) is 18.1. The summed E-state index contributed by atoms with van der Waals surface area (Å²) in [6.45, 7) is 4.93. The van der Waals surface area contributed by atoms with Gasteiger partial charge in [-0.25, -0.2) is 0 Å². The van der Waals surface area contributed by atoms with Gasteiger partial charge in [0.05, 0.1) is 0 Å². The predicted octanol–water partition coefficient (Wildman–Crippen LogP) is 2.45. The lowest BCUT2D eigenvalue weighted by atomic mass is 9.93. The molecule has 3 aromatic heterocycles. The summed E-state index contributed by atoms with van der Waals surface area (Å²) >= 11 is 0. The Balaban J connectivity index is 1.65. The first-order valence-corrected chi connectivity index (χ1v) is 8.61. The molecular formula is C16H19F3N8. The number of nitrogens with one attached hydrogen (secondary N) is 1. The Labute approximate surface area is 152 Å². The van der Waals surface area contributed by atoms with E-state index in [1.807, 2.05) is 17.9 Å². The van der Waals surface area contributed by atoms with E-state index in [4.69, 9.17) is 5.73 Å². The van der Waals surface area contributed by atoms with Crippen molar-refractivity contribution in [2.75, 3.05) is 23.7 Å². The molecule has 1 aliphatic heterocycles. The molecule has 4 heterocycles. The van der Waals surface area contributed by atoms with Gasteiger partial charge in [0.2, 0.25) is 0 Å². The van der Waals surface area contributed by atoms with E-state index in [2.05, 4.69) is 25.5 Å². The standard InChI is InChI=1S/C16H19F3N8/c1-8-9(2)14(25-27-13(8)23-24-15(27)16(17,18)19)26-5-3-10(4-6-26)11-7-12(20)22-21-11/h7,10H,3-6H2,1-2H3,(H3,20,21,22). The summed E-state index contributed by atoms with van der Waals surface area (Å²) < 4.78 is 40.4. The highest BCUT2D eigenvalue weighted by Crippen LogP contribution is 2.33. The van der Waals surface area contributed by atoms with Crippen LogP contribution in [0.2, 0.25) is 0 Å². The molecule has 8 nitrogen and oxygen atoms in total. The van der Waals surface area contributed by atoms with Gasteiger partial charge >= 0.3 is 6.18 Å². The van der Waals surface area contributed by atoms with Crippen LogP contribution in [0.15, 0.2) is 6.07 Å². The highest BCUT2D eigenvalue weighted by atomic mass is 19.4. The fourth-order valence-electron chi connectivity index (χ4n) is 3.56. The number of aromatic nitrogens is 6. The summed E-state index contributed by atoms with van der Waals surface area (Å²) in [4.78, 5) is 2.01. The van der Waals surface area contributed by atoms with Crippen LogP contribution >= 0.6 is 0 Å². The first-order chi connectivity index (χ1) is 12.8. The number of halogens is 3. The molecule has 0 saturated carbocycles. The van der Waals surface area contributed by atoms with E-state index in [0.717, 1.165) is 28.6 Å². The zero-order chi connectivity index (χ0) is 19.3. The van der Waals surface area contributed by atoms with E-state index in [1.165, 1.54) is 0 Å². The van der Waals surface area contributed by atoms with E-state index < -0.39 is 12.0 Å². The molecule has 0 spiro atoms. The normalized spacial score (nSPS) is 16.4. The van der Waals surface area contributed by atoms with E-state index >= 15 is 0 Å². The maximum Gasteiger partial charge on any atom is 0.453 e. The lowest BCUT2D eigenvalue weighted by Gasteiger charge is -2.33.